The van der Waals surface area contributed by atoms with Crippen molar-refractivity contribution in [3.8, 4) is 0 Å². The molecule has 136 valence electrons. The Morgan fingerprint density at radius 2 is 2.12 bits per heavy atom. The predicted octanol–water partition coefficient (Wildman–Crippen LogP) is 2.88. The molecule has 3 rings (SSSR count). The Labute approximate surface area is 150 Å². The Hall–Kier alpha value is -2.04. The maximum Gasteiger partial charge on any atom is 0.317 e. The summed E-state index contributed by atoms with van der Waals surface area (Å²) in [4.78, 5) is 26.2. The zero-order chi connectivity index (χ0) is 17.6. The van der Waals surface area contributed by atoms with Crippen LogP contribution in [-0.2, 0) is 4.79 Å². The normalized spacial score (nSPS) is 24.7. The minimum Gasteiger partial charge on any atom is -0.356 e. The standard InChI is InChI=1S/C20H29N3O2/c1-15(16-7-3-2-4-8-16)10-11-21-20(25)23-12-6-5-9-18(23)17-13-19(24)22-14-17/h2-4,7-8,15,17-18H,5-6,9-14H2,1H3,(H,21,25)(H,22,24). The van der Waals surface area contributed by atoms with E-state index in [2.05, 4.69) is 41.8 Å². The van der Waals surface area contributed by atoms with E-state index in [1.807, 2.05) is 11.0 Å². The third-order valence-electron chi connectivity index (χ3n) is 5.59. The molecule has 0 aliphatic carbocycles. The number of amides is 3. The fourth-order valence-corrected chi connectivity index (χ4v) is 4.04. The first-order valence-electron chi connectivity index (χ1n) is 9.51. The second-order valence-electron chi connectivity index (χ2n) is 7.36. The molecule has 2 N–H and O–H groups in total. The van der Waals surface area contributed by atoms with Crippen molar-refractivity contribution in [3.63, 3.8) is 0 Å². The molecule has 2 aliphatic rings. The lowest BCUT2D eigenvalue weighted by atomic mass is 9.90. The molecule has 3 amide bonds. The van der Waals surface area contributed by atoms with Crippen LogP contribution in [0.15, 0.2) is 30.3 Å². The summed E-state index contributed by atoms with van der Waals surface area (Å²) in [6, 6.07) is 10.6. The molecule has 3 atom stereocenters. The first kappa shape index (κ1) is 17.8. The van der Waals surface area contributed by atoms with Gasteiger partial charge in [-0.15, -0.1) is 0 Å². The number of carbonyl (C=O) groups excluding carboxylic acids is 2. The van der Waals surface area contributed by atoms with Gasteiger partial charge in [-0.25, -0.2) is 4.79 Å². The van der Waals surface area contributed by atoms with Crippen molar-refractivity contribution in [2.45, 2.75) is 51.0 Å². The number of urea groups is 1. The van der Waals surface area contributed by atoms with Crippen molar-refractivity contribution in [1.82, 2.24) is 15.5 Å². The average Bonchev–Trinajstić information content (AvgIpc) is 3.08. The highest BCUT2D eigenvalue weighted by atomic mass is 16.2. The Morgan fingerprint density at radius 3 is 2.84 bits per heavy atom. The Kier molecular flexibility index (Phi) is 5.95. The van der Waals surface area contributed by atoms with E-state index in [4.69, 9.17) is 0 Å². The van der Waals surface area contributed by atoms with Crippen LogP contribution < -0.4 is 10.6 Å². The van der Waals surface area contributed by atoms with Crippen LogP contribution in [0.1, 0.15) is 50.5 Å². The van der Waals surface area contributed by atoms with Crippen molar-refractivity contribution in [1.29, 1.82) is 0 Å². The van der Waals surface area contributed by atoms with Gasteiger partial charge in [-0.2, -0.15) is 0 Å². The van der Waals surface area contributed by atoms with E-state index >= 15 is 0 Å². The number of nitrogens with zero attached hydrogens (tertiary/aromatic N) is 1. The zero-order valence-electron chi connectivity index (χ0n) is 15.0. The molecule has 2 fully saturated rings. The maximum absolute atomic E-state index is 12.7. The van der Waals surface area contributed by atoms with Gasteiger partial charge in [0, 0.05) is 38.0 Å². The van der Waals surface area contributed by atoms with Gasteiger partial charge in [0.15, 0.2) is 0 Å². The van der Waals surface area contributed by atoms with Crippen LogP contribution in [-0.4, -0.2) is 42.5 Å². The predicted molar refractivity (Wildman–Crippen MR) is 98.3 cm³/mol. The summed E-state index contributed by atoms with van der Waals surface area (Å²) in [6.45, 7) is 4.38. The quantitative estimate of drug-likeness (QED) is 0.863. The SMILES string of the molecule is CC(CCNC(=O)N1CCCCC1C1CNC(=O)C1)c1ccccc1. The summed E-state index contributed by atoms with van der Waals surface area (Å²) in [5.74, 6) is 0.810. The van der Waals surface area contributed by atoms with Crippen LogP contribution in [0, 0.1) is 5.92 Å². The van der Waals surface area contributed by atoms with Gasteiger partial charge in [0.1, 0.15) is 0 Å². The number of nitrogens with one attached hydrogen (secondary N) is 2. The Morgan fingerprint density at radius 1 is 1.32 bits per heavy atom. The van der Waals surface area contributed by atoms with Gasteiger partial charge in [-0.3, -0.25) is 4.79 Å². The molecule has 0 aromatic heterocycles. The highest BCUT2D eigenvalue weighted by molar-refractivity contribution is 5.79. The van der Waals surface area contributed by atoms with E-state index in [9.17, 15) is 9.59 Å². The molecular formula is C20H29N3O2. The second-order valence-corrected chi connectivity index (χ2v) is 7.36. The van der Waals surface area contributed by atoms with Crippen LogP contribution in [0.4, 0.5) is 4.79 Å². The number of hydrogen-bond acceptors (Lipinski definition) is 2. The molecule has 0 spiro atoms. The molecule has 1 aromatic rings. The highest BCUT2D eigenvalue weighted by Gasteiger charge is 2.36. The summed E-state index contributed by atoms with van der Waals surface area (Å²) >= 11 is 0. The molecule has 3 unspecified atom stereocenters. The maximum atomic E-state index is 12.7. The largest absolute Gasteiger partial charge is 0.356 e. The number of benzene rings is 1. The lowest BCUT2D eigenvalue weighted by Gasteiger charge is -2.38. The van der Waals surface area contributed by atoms with Crippen LogP contribution >= 0.6 is 0 Å². The van der Waals surface area contributed by atoms with Crippen molar-refractivity contribution in [3.05, 3.63) is 35.9 Å². The van der Waals surface area contributed by atoms with Gasteiger partial charge in [0.05, 0.1) is 0 Å². The van der Waals surface area contributed by atoms with E-state index in [0.717, 1.165) is 32.2 Å². The monoisotopic (exact) mass is 343 g/mol. The molecule has 2 aliphatic heterocycles. The Bertz CT molecular complexity index is 590. The lowest BCUT2D eigenvalue weighted by molar-refractivity contribution is -0.119. The number of carbonyl (C=O) groups is 2. The minimum absolute atomic E-state index is 0.0318. The molecule has 2 saturated heterocycles. The number of piperidine rings is 1. The summed E-state index contributed by atoms with van der Waals surface area (Å²) < 4.78 is 0. The van der Waals surface area contributed by atoms with Crippen molar-refractivity contribution in [2.75, 3.05) is 19.6 Å². The van der Waals surface area contributed by atoms with Crippen LogP contribution in [0.3, 0.4) is 0 Å². The lowest BCUT2D eigenvalue weighted by Crippen LogP contribution is -2.52. The van der Waals surface area contributed by atoms with E-state index < -0.39 is 0 Å². The summed E-state index contributed by atoms with van der Waals surface area (Å²) in [7, 11) is 0. The first-order chi connectivity index (χ1) is 12.1. The molecule has 0 saturated carbocycles. The van der Waals surface area contributed by atoms with Gasteiger partial charge in [-0.1, -0.05) is 37.3 Å². The summed E-state index contributed by atoms with van der Waals surface area (Å²) in [6.07, 6.45) is 4.69. The zero-order valence-corrected chi connectivity index (χ0v) is 15.0. The van der Waals surface area contributed by atoms with E-state index in [-0.39, 0.29) is 23.9 Å². The van der Waals surface area contributed by atoms with Gasteiger partial charge in [0.2, 0.25) is 5.91 Å². The fraction of sp³-hybridized carbons (Fsp3) is 0.600. The molecule has 5 nitrogen and oxygen atoms in total. The topological polar surface area (TPSA) is 61.4 Å². The van der Waals surface area contributed by atoms with Crippen LogP contribution in [0.25, 0.3) is 0 Å². The van der Waals surface area contributed by atoms with Gasteiger partial charge < -0.3 is 15.5 Å². The molecule has 25 heavy (non-hydrogen) atoms. The third-order valence-corrected chi connectivity index (χ3v) is 5.59. The smallest absolute Gasteiger partial charge is 0.317 e. The summed E-state index contributed by atoms with van der Waals surface area (Å²) in [5, 5.41) is 6.00. The van der Waals surface area contributed by atoms with Crippen molar-refractivity contribution in [2.24, 2.45) is 5.92 Å². The molecule has 2 heterocycles. The van der Waals surface area contributed by atoms with E-state index in [0.29, 0.717) is 25.4 Å². The summed E-state index contributed by atoms with van der Waals surface area (Å²) in [5.41, 5.74) is 1.31. The van der Waals surface area contributed by atoms with Gasteiger partial charge in [0.25, 0.3) is 0 Å². The van der Waals surface area contributed by atoms with Gasteiger partial charge in [-0.05, 0) is 37.2 Å². The molecular weight excluding hydrogens is 314 g/mol. The van der Waals surface area contributed by atoms with Gasteiger partial charge >= 0.3 is 6.03 Å². The van der Waals surface area contributed by atoms with Crippen LogP contribution in [0.2, 0.25) is 0 Å². The highest BCUT2D eigenvalue weighted by Crippen LogP contribution is 2.27. The number of likely N-dealkylation sites (tertiary alicyclic amines) is 1. The molecule has 5 heteroatoms. The average molecular weight is 343 g/mol. The second kappa shape index (κ2) is 8.37. The van der Waals surface area contributed by atoms with E-state index in [1.54, 1.807) is 0 Å². The molecule has 0 bridgehead atoms. The molecule has 1 aromatic carbocycles. The van der Waals surface area contributed by atoms with Crippen molar-refractivity contribution < 1.29 is 9.59 Å². The molecule has 0 radical (unpaired) electrons. The first-order valence-corrected chi connectivity index (χ1v) is 9.51. The van der Waals surface area contributed by atoms with E-state index in [1.165, 1.54) is 5.56 Å². The third kappa shape index (κ3) is 4.53. The number of hydrogen-bond donors (Lipinski definition) is 2. The number of rotatable bonds is 5. The fourth-order valence-electron chi connectivity index (χ4n) is 4.04. The van der Waals surface area contributed by atoms with Crippen molar-refractivity contribution >= 4 is 11.9 Å². The Balaban J connectivity index is 1.50. The van der Waals surface area contributed by atoms with Crippen LogP contribution in [0.5, 0.6) is 0 Å². The minimum atomic E-state index is 0.0318.